The van der Waals surface area contributed by atoms with Gasteiger partial charge < -0.3 is 14.8 Å². The Morgan fingerprint density at radius 3 is 2.79 bits per heavy atom. The summed E-state index contributed by atoms with van der Waals surface area (Å²) in [5.41, 5.74) is 1.05. The zero-order chi connectivity index (χ0) is 13.2. The number of rotatable bonds is 3. The molecule has 4 nitrogen and oxygen atoms in total. The Hall–Kier alpha value is -1.71. The van der Waals surface area contributed by atoms with Crippen molar-refractivity contribution >= 4 is 5.91 Å². The second kappa shape index (κ2) is 5.11. The average molecular weight is 261 g/mol. The number of hydrogen-bond acceptors (Lipinski definition) is 3. The maximum Gasteiger partial charge on any atom is 0.231 e. The lowest BCUT2D eigenvalue weighted by Crippen LogP contribution is -2.31. The summed E-state index contributed by atoms with van der Waals surface area (Å²) in [7, 11) is 0. The minimum Gasteiger partial charge on any atom is -0.454 e. The molecular weight excluding hydrogens is 242 g/mol. The largest absolute Gasteiger partial charge is 0.454 e. The van der Waals surface area contributed by atoms with Crippen LogP contribution in [0.25, 0.3) is 0 Å². The Labute approximate surface area is 113 Å². The predicted molar refractivity (Wildman–Crippen MR) is 71.1 cm³/mol. The van der Waals surface area contributed by atoms with Gasteiger partial charge in [0.2, 0.25) is 12.7 Å². The van der Waals surface area contributed by atoms with Gasteiger partial charge in [-0.1, -0.05) is 18.9 Å². The van der Waals surface area contributed by atoms with Crippen molar-refractivity contribution < 1.29 is 14.3 Å². The molecule has 1 unspecified atom stereocenters. The number of ether oxygens (including phenoxy) is 2. The zero-order valence-corrected chi connectivity index (χ0v) is 11.1. The summed E-state index contributed by atoms with van der Waals surface area (Å²) in [4.78, 5) is 12.1. The van der Waals surface area contributed by atoms with Crippen molar-refractivity contribution in [3.8, 4) is 11.5 Å². The lowest BCUT2D eigenvalue weighted by atomic mass is 10.0. The van der Waals surface area contributed by atoms with Crippen LogP contribution < -0.4 is 14.8 Å². The molecule has 2 aliphatic rings. The molecule has 0 bridgehead atoms. The van der Waals surface area contributed by atoms with E-state index in [1.165, 1.54) is 12.8 Å². The second-order valence-electron chi connectivity index (χ2n) is 5.32. The number of benzene rings is 1. The van der Waals surface area contributed by atoms with Gasteiger partial charge in [0.1, 0.15) is 0 Å². The van der Waals surface area contributed by atoms with Gasteiger partial charge >= 0.3 is 0 Å². The van der Waals surface area contributed by atoms with E-state index in [1.54, 1.807) is 0 Å². The van der Waals surface area contributed by atoms with Crippen LogP contribution in [0.3, 0.4) is 0 Å². The normalized spacial score (nSPS) is 19.4. The van der Waals surface area contributed by atoms with E-state index in [0.717, 1.165) is 29.9 Å². The van der Waals surface area contributed by atoms with Gasteiger partial charge in [-0.2, -0.15) is 0 Å². The molecule has 1 amide bonds. The smallest absolute Gasteiger partial charge is 0.231 e. The Morgan fingerprint density at radius 2 is 2.00 bits per heavy atom. The van der Waals surface area contributed by atoms with E-state index in [-0.39, 0.29) is 24.7 Å². The standard InChI is InChI=1S/C15H19NO3/c1-10(16-15(17)11-4-2-3-5-11)12-6-7-13-14(8-12)19-9-18-13/h6-8,10-11H,2-5,9H2,1H3,(H,16,17). The molecule has 1 fully saturated rings. The highest BCUT2D eigenvalue weighted by atomic mass is 16.7. The summed E-state index contributed by atoms with van der Waals surface area (Å²) in [6.45, 7) is 2.28. The van der Waals surface area contributed by atoms with E-state index in [2.05, 4.69) is 5.32 Å². The van der Waals surface area contributed by atoms with Crippen LogP contribution in [0, 0.1) is 5.92 Å². The van der Waals surface area contributed by atoms with Crippen molar-refractivity contribution in [2.24, 2.45) is 5.92 Å². The highest BCUT2D eigenvalue weighted by Crippen LogP contribution is 2.34. The van der Waals surface area contributed by atoms with Gasteiger partial charge in [0.25, 0.3) is 0 Å². The molecule has 1 atom stereocenters. The third-order valence-electron chi connectivity index (χ3n) is 3.98. The first-order valence-electron chi connectivity index (χ1n) is 6.94. The van der Waals surface area contributed by atoms with E-state index in [0.29, 0.717) is 0 Å². The molecule has 1 aromatic rings. The molecule has 102 valence electrons. The molecule has 0 radical (unpaired) electrons. The molecule has 1 aliphatic heterocycles. The minimum absolute atomic E-state index is 0.00241. The van der Waals surface area contributed by atoms with Crippen LogP contribution in [-0.4, -0.2) is 12.7 Å². The van der Waals surface area contributed by atoms with E-state index in [1.807, 2.05) is 25.1 Å². The van der Waals surface area contributed by atoms with E-state index < -0.39 is 0 Å². The molecule has 4 heteroatoms. The number of hydrogen-bond donors (Lipinski definition) is 1. The van der Waals surface area contributed by atoms with Gasteiger partial charge in [-0.25, -0.2) is 0 Å². The Bertz CT molecular complexity index is 480. The summed E-state index contributed by atoms with van der Waals surface area (Å²) < 4.78 is 10.6. The second-order valence-corrected chi connectivity index (χ2v) is 5.32. The average Bonchev–Trinajstić information content (AvgIpc) is 3.09. The third-order valence-corrected chi connectivity index (χ3v) is 3.98. The maximum atomic E-state index is 12.1. The van der Waals surface area contributed by atoms with Gasteiger partial charge in [0, 0.05) is 5.92 Å². The number of nitrogens with one attached hydrogen (secondary N) is 1. The van der Waals surface area contributed by atoms with Crippen molar-refractivity contribution in [2.45, 2.75) is 38.6 Å². The molecule has 1 heterocycles. The Morgan fingerprint density at radius 1 is 1.26 bits per heavy atom. The predicted octanol–water partition coefficient (Wildman–Crippen LogP) is 2.78. The molecule has 0 saturated heterocycles. The van der Waals surface area contributed by atoms with Gasteiger partial charge in [-0.15, -0.1) is 0 Å². The lowest BCUT2D eigenvalue weighted by Gasteiger charge is -2.17. The highest BCUT2D eigenvalue weighted by molar-refractivity contribution is 5.79. The molecule has 19 heavy (non-hydrogen) atoms. The fraction of sp³-hybridized carbons (Fsp3) is 0.533. The molecule has 0 spiro atoms. The molecule has 3 rings (SSSR count). The quantitative estimate of drug-likeness (QED) is 0.910. The van der Waals surface area contributed by atoms with E-state index in [4.69, 9.17) is 9.47 Å². The summed E-state index contributed by atoms with van der Waals surface area (Å²) >= 11 is 0. The van der Waals surface area contributed by atoms with Crippen LogP contribution in [0.4, 0.5) is 0 Å². The van der Waals surface area contributed by atoms with Crippen molar-refractivity contribution in [2.75, 3.05) is 6.79 Å². The van der Waals surface area contributed by atoms with Gasteiger partial charge in [-0.3, -0.25) is 4.79 Å². The molecule has 1 aliphatic carbocycles. The summed E-state index contributed by atoms with van der Waals surface area (Å²) in [5, 5.41) is 3.09. The van der Waals surface area contributed by atoms with Crippen molar-refractivity contribution in [1.29, 1.82) is 0 Å². The lowest BCUT2D eigenvalue weighted by molar-refractivity contribution is -0.125. The van der Waals surface area contributed by atoms with Crippen LogP contribution in [-0.2, 0) is 4.79 Å². The van der Waals surface area contributed by atoms with Crippen LogP contribution in [0.5, 0.6) is 11.5 Å². The van der Waals surface area contributed by atoms with E-state index in [9.17, 15) is 4.79 Å². The Balaban J connectivity index is 1.66. The summed E-state index contributed by atoms with van der Waals surface area (Å²) in [6.07, 6.45) is 4.41. The number of carbonyl (C=O) groups excluding carboxylic acids is 1. The van der Waals surface area contributed by atoms with Crippen molar-refractivity contribution in [3.05, 3.63) is 23.8 Å². The zero-order valence-electron chi connectivity index (χ0n) is 11.1. The van der Waals surface area contributed by atoms with Crippen LogP contribution in [0.2, 0.25) is 0 Å². The molecule has 1 saturated carbocycles. The topological polar surface area (TPSA) is 47.6 Å². The fourth-order valence-electron chi connectivity index (χ4n) is 2.79. The maximum absolute atomic E-state index is 12.1. The third kappa shape index (κ3) is 2.53. The van der Waals surface area contributed by atoms with Crippen molar-refractivity contribution in [3.63, 3.8) is 0 Å². The molecule has 1 aromatic carbocycles. The van der Waals surface area contributed by atoms with Crippen molar-refractivity contribution in [1.82, 2.24) is 5.32 Å². The SMILES string of the molecule is CC(NC(=O)C1CCCC1)c1ccc2c(c1)OCO2. The summed E-state index contributed by atoms with van der Waals surface area (Å²) in [5.74, 6) is 1.93. The monoisotopic (exact) mass is 261 g/mol. The van der Waals surface area contributed by atoms with E-state index >= 15 is 0 Å². The first-order valence-corrected chi connectivity index (χ1v) is 6.94. The fourth-order valence-corrected chi connectivity index (χ4v) is 2.79. The number of carbonyl (C=O) groups is 1. The van der Waals surface area contributed by atoms with Crippen LogP contribution in [0.15, 0.2) is 18.2 Å². The first kappa shape index (κ1) is 12.3. The number of amides is 1. The minimum atomic E-state index is 0.00241. The van der Waals surface area contributed by atoms with Gasteiger partial charge in [0.15, 0.2) is 11.5 Å². The Kier molecular flexibility index (Phi) is 3.32. The summed E-state index contributed by atoms with van der Waals surface area (Å²) in [6, 6.07) is 5.83. The molecule has 0 aromatic heterocycles. The first-order chi connectivity index (χ1) is 9.24. The van der Waals surface area contributed by atoms with Crippen LogP contribution in [0.1, 0.15) is 44.2 Å². The highest BCUT2D eigenvalue weighted by Gasteiger charge is 2.24. The molecule has 1 N–H and O–H groups in total. The molecular formula is C15H19NO3. The van der Waals surface area contributed by atoms with Gasteiger partial charge in [-0.05, 0) is 37.5 Å². The number of fused-ring (bicyclic) bond motifs is 1. The van der Waals surface area contributed by atoms with Crippen LogP contribution >= 0.6 is 0 Å². The van der Waals surface area contributed by atoms with Gasteiger partial charge in [0.05, 0.1) is 6.04 Å².